The van der Waals surface area contributed by atoms with E-state index in [1.165, 1.54) is 67.6 Å². The topological polar surface area (TPSA) is 183 Å². The molecule has 1 unspecified atom stereocenters. The van der Waals surface area contributed by atoms with Gasteiger partial charge in [0.15, 0.2) is 38.6 Å². The summed E-state index contributed by atoms with van der Waals surface area (Å²) in [5.41, 5.74) is 0.117. The number of hydrogen-bond donors (Lipinski definition) is 5. The zero-order chi connectivity index (χ0) is 26.9. The molecule has 1 aliphatic rings. The first kappa shape index (κ1) is 25.5. The number of Topliss-reactive ketones (excluding diaryl/α,β-unsaturated/α-hetero) is 1. The average molecular weight is 527 g/mol. The monoisotopic (exact) mass is 526 g/mol. The fourth-order valence-electron chi connectivity index (χ4n) is 3.69. The highest BCUT2D eigenvalue weighted by atomic mass is 32.2. The molecule has 4 rings (SSSR count). The molecule has 11 nitrogen and oxygen atoms in total. The number of para-hydroxylation sites is 2. The number of aromatic hydroxyl groups is 4. The molecule has 1 aliphatic heterocycles. The minimum atomic E-state index is -4.08. The Labute approximate surface area is 211 Å². The zero-order valence-corrected chi connectivity index (χ0v) is 20.1. The Kier molecular flexibility index (Phi) is 6.77. The van der Waals surface area contributed by atoms with Gasteiger partial charge in [0.05, 0.1) is 16.0 Å². The number of phenols is 4. The lowest BCUT2D eigenvalue weighted by Crippen LogP contribution is -2.32. The van der Waals surface area contributed by atoms with Crippen LogP contribution in [-0.2, 0) is 19.4 Å². The molecule has 0 bridgehead atoms. The van der Waals surface area contributed by atoms with Gasteiger partial charge >= 0.3 is 0 Å². The van der Waals surface area contributed by atoms with Crippen LogP contribution >= 0.6 is 0 Å². The number of carbonyl (C=O) groups is 2. The molecule has 0 spiro atoms. The van der Waals surface area contributed by atoms with E-state index in [0.717, 1.165) is 0 Å². The lowest BCUT2D eigenvalue weighted by molar-refractivity contribution is -0.118. The zero-order valence-electron chi connectivity index (χ0n) is 19.3. The van der Waals surface area contributed by atoms with Crippen molar-refractivity contribution in [2.45, 2.75) is 24.0 Å². The number of hydrogen-bond acceptors (Lipinski definition) is 10. The van der Waals surface area contributed by atoms with E-state index in [2.05, 4.69) is 10.3 Å². The van der Waals surface area contributed by atoms with Crippen LogP contribution < -0.4 is 5.32 Å². The summed E-state index contributed by atoms with van der Waals surface area (Å²) in [7, 11) is -4.08. The number of phenolic OH excluding ortho intramolecular Hbond substituents is 4. The van der Waals surface area contributed by atoms with Crippen LogP contribution in [0.2, 0.25) is 0 Å². The Hall–Kier alpha value is -4.58. The van der Waals surface area contributed by atoms with Crippen molar-refractivity contribution < 1.29 is 43.2 Å². The molecule has 1 heterocycles. The maximum absolute atomic E-state index is 12.9. The van der Waals surface area contributed by atoms with Crippen LogP contribution in [0.3, 0.4) is 0 Å². The van der Waals surface area contributed by atoms with Gasteiger partial charge in [-0.3, -0.25) is 9.59 Å². The Bertz CT molecular complexity index is 1520. The van der Waals surface area contributed by atoms with E-state index < -0.39 is 62.4 Å². The van der Waals surface area contributed by atoms with Crippen molar-refractivity contribution >= 4 is 33.1 Å². The van der Waals surface area contributed by atoms with Gasteiger partial charge in [-0.05, 0) is 55.5 Å². The highest BCUT2D eigenvalue weighted by Gasteiger charge is 2.37. The van der Waals surface area contributed by atoms with Gasteiger partial charge < -0.3 is 30.5 Å². The van der Waals surface area contributed by atoms with E-state index in [1.54, 1.807) is 0 Å². The summed E-state index contributed by atoms with van der Waals surface area (Å²) in [6, 6.07) is 12.0. The number of nitrogens with one attached hydrogen (secondary N) is 1. The second-order valence-corrected chi connectivity index (χ2v) is 10.2. The van der Waals surface area contributed by atoms with E-state index in [-0.39, 0.29) is 27.6 Å². The van der Waals surface area contributed by atoms with Crippen molar-refractivity contribution in [2.24, 2.45) is 4.99 Å². The molecule has 0 fully saturated rings. The van der Waals surface area contributed by atoms with Crippen molar-refractivity contribution in [3.05, 3.63) is 71.8 Å². The summed E-state index contributed by atoms with van der Waals surface area (Å²) in [6.07, 6.45) is -0.800. The molecule has 0 radical (unpaired) electrons. The van der Waals surface area contributed by atoms with Crippen molar-refractivity contribution in [1.82, 2.24) is 0 Å². The third-order valence-electron chi connectivity index (χ3n) is 5.64. The number of rotatable bonds is 7. The summed E-state index contributed by atoms with van der Waals surface area (Å²) in [5.74, 6) is -4.32. The quantitative estimate of drug-likeness (QED) is 0.288. The third kappa shape index (κ3) is 5.19. The van der Waals surface area contributed by atoms with Crippen LogP contribution in [0.4, 0.5) is 5.69 Å². The van der Waals surface area contributed by atoms with Gasteiger partial charge in [-0.15, -0.1) is 0 Å². The van der Waals surface area contributed by atoms with Gasteiger partial charge in [0.2, 0.25) is 5.90 Å². The Balaban J connectivity index is 1.46. The molecule has 192 valence electrons. The number of nitrogens with zero attached hydrogens (tertiary/aromatic N) is 1. The number of ketones is 1. The molecule has 3 aromatic carbocycles. The van der Waals surface area contributed by atoms with E-state index in [1.807, 2.05) is 0 Å². The summed E-state index contributed by atoms with van der Waals surface area (Å²) < 4.78 is 31.3. The molecule has 2 atom stereocenters. The van der Waals surface area contributed by atoms with Gasteiger partial charge in [-0.25, -0.2) is 13.4 Å². The first-order valence-corrected chi connectivity index (χ1v) is 12.6. The molecule has 1 amide bonds. The fourth-order valence-corrected chi connectivity index (χ4v) is 4.95. The van der Waals surface area contributed by atoms with E-state index in [9.17, 15) is 38.4 Å². The summed E-state index contributed by atoms with van der Waals surface area (Å²) >= 11 is 0. The second kappa shape index (κ2) is 9.82. The van der Waals surface area contributed by atoms with Crippen LogP contribution in [0.25, 0.3) is 0 Å². The Morgan fingerprint density at radius 1 is 0.919 bits per heavy atom. The molecular formula is C25H22N2O9S. The molecule has 37 heavy (non-hydrogen) atoms. The van der Waals surface area contributed by atoms with Gasteiger partial charge in [-0.1, -0.05) is 12.1 Å². The molecular weight excluding hydrogens is 504 g/mol. The SMILES string of the molecule is CC1OC(c2cccc(O)c2O)=N[C@@H]1C(=O)CS(=O)(=O)c1ccc(NC(=O)c2cccc(O)c2O)cc1. The van der Waals surface area contributed by atoms with Crippen molar-refractivity contribution in [3.8, 4) is 23.0 Å². The predicted molar refractivity (Wildman–Crippen MR) is 132 cm³/mol. The number of amides is 1. The minimum Gasteiger partial charge on any atom is -0.504 e. The van der Waals surface area contributed by atoms with Crippen LogP contribution in [-0.4, -0.2) is 64.3 Å². The lowest BCUT2D eigenvalue weighted by Gasteiger charge is -2.12. The predicted octanol–water partition coefficient (Wildman–Crippen LogP) is 2.34. The van der Waals surface area contributed by atoms with Crippen LogP contribution in [0.15, 0.2) is 70.6 Å². The molecule has 0 aliphatic carbocycles. The normalized spacial score (nSPS) is 17.1. The van der Waals surface area contributed by atoms with Gasteiger partial charge in [0.1, 0.15) is 17.9 Å². The van der Waals surface area contributed by atoms with Crippen molar-refractivity contribution in [2.75, 3.05) is 11.1 Å². The average Bonchev–Trinajstić information content (AvgIpc) is 3.24. The van der Waals surface area contributed by atoms with Gasteiger partial charge in [0, 0.05) is 5.69 Å². The Morgan fingerprint density at radius 2 is 1.54 bits per heavy atom. The summed E-state index contributed by atoms with van der Waals surface area (Å²) in [4.78, 5) is 29.2. The van der Waals surface area contributed by atoms with E-state index in [0.29, 0.717) is 0 Å². The number of sulfone groups is 1. The Morgan fingerprint density at radius 3 is 2.22 bits per heavy atom. The maximum atomic E-state index is 12.9. The van der Waals surface area contributed by atoms with E-state index in [4.69, 9.17) is 4.74 Å². The smallest absolute Gasteiger partial charge is 0.259 e. The number of benzene rings is 3. The minimum absolute atomic E-state index is 0.0710. The summed E-state index contributed by atoms with van der Waals surface area (Å²) in [5, 5.41) is 41.6. The van der Waals surface area contributed by atoms with Crippen molar-refractivity contribution in [3.63, 3.8) is 0 Å². The fraction of sp³-hybridized carbons (Fsp3) is 0.160. The largest absolute Gasteiger partial charge is 0.504 e. The third-order valence-corrected chi connectivity index (χ3v) is 7.29. The highest BCUT2D eigenvalue weighted by molar-refractivity contribution is 7.92. The molecule has 5 N–H and O–H groups in total. The number of aliphatic imine (C=N–C) groups is 1. The molecule has 12 heteroatoms. The first-order valence-electron chi connectivity index (χ1n) is 10.9. The molecule has 0 aromatic heterocycles. The van der Waals surface area contributed by atoms with E-state index >= 15 is 0 Å². The number of ether oxygens (including phenoxy) is 1. The first-order chi connectivity index (χ1) is 17.5. The summed E-state index contributed by atoms with van der Waals surface area (Å²) in [6.45, 7) is 1.53. The van der Waals surface area contributed by atoms with Crippen molar-refractivity contribution in [1.29, 1.82) is 0 Å². The van der Waals surface area contributed by atoms with Crippen LogP contribution in [0.1, 0.15) is 22.8 Å². The lowest BCUT2D eigenvalue weighted by atomic mass is 10.1. The number of carbonyl (C=O) groups excluding carboxylic acids is 2. The van der Waals surface area contributed by atoms with Gasteiger partial charge in [0.25, 0.3) is 5.91 Å². The molecule has 0 saturated heterocycles. The maximum Gasteiger partial charge on any atom is 0.259 e. The van der Waals surface area contributed by atoms with Crippen LogP contribution in [0.5, 0.6) is 23.0 Å². The standard InChI is InChI=1S/C25H22N2O9S/c1-13-21(27-25(36-13)17-5-3-7-19(29)23(17)32)20(30)12-37(34,35)15-10-8-14(9-11-15)26-24(33)16-4-2-6-18(28)22(16)31/h2-11,13,21,28-29,31-32H,12H2,1H3,(H,26,33)/t13?,21-/m0/s1. The van der Waals surface area contributed by atoms with Gasteiger partial charge in [-0.2, -0.15) is 0 Å². The second-order valence-electron chi connectivity index (χ2n) is 8.25. The molecule has 0 saturated carbocycles. The molecule has 3 aromatic rings. The highest BCUT2D eigenvalue weighted by Crippen LogP contribution is 2.32. The number of anilines is 1. The van der Waals surface area contributed by atoms with Crippen LogP contribution in [0, 0.1) is 0 Å².